The highest BCUT2D eigenvalue weighted by Gasteiger charge is 2.15. The van der Waals surface area contributed by atoms with Crippen LogP contribution in [0.1, 0.15) is 32.8 Å². The largest absolute Gasteiger partial charge is 0.389 e. The van der Waals surface area contributed by atoms with E-state index in [0.29, 0.717) is 4.99 Å². The Morgan fingerprint density at radius 1 is 1.56 bits per heavy atom. The SMILES string of the molecule is CCC(C)(C)CNc1ncccc1C(N)=S. The van der Waals surface area contributed by atoms with E-state index >= 15 is 0 Å². The maximum Gasteiger partial charge on any atom is 0.136 e. The van der Waals surface area contributed by atoms with Crippen molar-refractivity contribution in [2.75, 3.05) is 11.9 Å². The summed E-state index contributed by atoms with van der Waals surface area (Å²) in [6, 6.07) is 3.72. The van der Waals surface area contributed by atoms with Gasteiger partial charge in [-0.3, -0.25) is 0 Å². The molecule has 88 valence electrons. The van der Waals surface area contributed by atoms with Gasteiger partial charge in [0.1, 0.15) is 10.8 Å². The molecule has 0 spiro atoms. The van der Waals surface area contributed by atoms with E-state index in [0.717, 1.165) is 24.3 Å². The first kappa shape index (κ1) is 12.9. The summed E-state index contributed by atoms with van der Waals surface area (Å²) >= 11 is 4.98. The Kier molecular flexibility index (Phi) is 4.24. The number of hydrogen-bond acceptors (Lipinski definition) is 3. The van der Waals surface area contributed by atoms with Crippen LogP contribution in [0.5, 0.6) is 0 Å². The van der Waals surface area contributed by atoms with E-state index in [-0.39, 0.29) is 5.41 Å². The zero-order valence-electron chi connectivity index (χ0n) is 10.1. The van der Waals surface area contributed by atoms with Gasteiger partial charge in [-0.15, -0.1) is 0 Å². The molecule has 0 aliphatic heterocycles. The molecule has 0 radical (unpaired) electrons. The van der Waals surface area contributed by atoms with Crippen molar-refractivity contribution < 1.29 is 0 Å². The van der Waals surface area contributed by atoms with Crippen LogP contribution in [0, 0.1) is 5.41 Å². The predicted molar refractivity (Wildman–Crippen MR) is 72.7 cm³/mol. The van der Waals surface area contributed by atoms with Crippen molar-refractivity contribution in [2.24, 2.45) is 11.1 Å². The van der Waals surface area contributed by atoms with Crippen LogP contribution in [0.2, 0.25) is 0 Å². The monoisotopic (exact) mass is 237 g/mol. The third-order valence-electron chi connectivity index (χ3n) is 2.76. The first-order chi connectivity index (χ1) is 7.46. The average Bonchev–Trinajstić information content (AvgIpc) is 2.27. The highest BCUT2D eigenvalue weighted by molar-refractivity contribution is 7.80. The molecule has 1 rings (SSSR count). The number of pyridine rings is 1. The predicted octanol–water partition coefficient (Wildman–Crippen LogP) is 2.56. The molecule has 0 aliphatic rings. The van der Waals surface area contributed by atoms with E-state index in [2.05, 4.69) is 31.1 Å². The lowest BCUT2D eigenvalue weighted by molar-refractivity contribution is 0.376. The molecule has 4 heteroatoms. The van der Waals surface area contributed by atoms with E-state index < -0.39 is 0 Å². The summed E-state index contributed by atoms with van der Waals surface area (Å²) in [5, 5.41) is 3.31. The van der Waals surface area contributed by atoms with E-state index in [1.807, 2.05) is 12.1 Å². The van der Waals surface area contributed by atoms with Crippen molar-refractivity contribution in [3.05, 3.63) is 23.9 Å². The molecule has 0 atom stereocenters. The van der Waals surface area contributed by atoms with Crippen molar-refractivity contribution >= 4 is 23.0 Å². The number of nitrogens with one attached hydrogen (secondary N) is 1. The van der Waals surface area contributed by atoms with Crippen molar-refractivity contribution in [1.29, 1.82) is 0 Å². The fourth-order valence-corrected chi connectivity index (χ4v) is 1.36. The highest BCUT2D eigenvalue weighted by Crippen LogP contribution is 2.21. The maximum atomic E-state index is 5.64. The first-order valence-electron chi connectivity index (χ1n) is 5.45. The normalized spacial score (nSPS) is 11.2. The third-order valence-corrected chi connectivity index (χ3v) is 2.98. The van der Waals surface area contributed by atoms with Gasteiger partial charge in [0.2, 0.25) is 0 Å². The fourth-order valence-electron chi connectivity index (χ4n) is 1.19. The summed E-state index contributed by atoms with van der Waals surface area (Å²) in [4.78, 5) is 4.64. The zero-order valence-corrected chi connectivity index (χ0v) is 10.9. The van der Waals surface area contributed by atoms with Crippen LogP contribution in [0.3, 0.4) is 0 Å². The maximum absolute atomic E-state index is 5.64. The van der Waals surface area contributed by atoms with Crippen LogP contribution in [-0.2, 0) is 0 Å². The standard InChI is InChI=1S/C12H19N3S/c1-4-12(2,3)8-15-11-9(10(13)16)6-5-7-14-11/h5-7H,4,8H2,1-3H3,(H2,13,16)(H,14,15). The van der Waals surface area contributed by atoms with Gasteiger partial charge in [0.15, 0.2) is 0 Å². The molecule has 0 saturated carbocycles. The van der Waals surface area contributed by atoms with Crippen LogP contribution >= 0.6 is 12.2 Å². The van der Waals surface area contributed by atoms with Crippen molar-refractivity contribution in [3.8, 4) is 0 Å². The van der Waals surface area contributed by atoms with E-state index in [4.69, 9.17) is 18.0 Å². The molecule has 16 heavy (non-hydrogen) atoms. The van der Waals surface area contributed by atoms with Crippen molar-refractivity contribution in [1.82, 2.24) is 4.98 Å². The Labute approximate surface area is 102 Å². The molecule has 3 nitrogen and oxygen atoms in total. The molecule has 1 aromatic heterocycles. The smallest absolute Gasteiger partial charge is 0.136 e. The molecule has 3 N–H and O–H groups in total. The summed E-state index contributed by atoms with van der Waals surface area (Å²) in [7, 11) is 0. The number of aromatic nitrogens is 1. The average molecular weight is 237 g/mol. The Morgan fingerprint density at radius 3 is 2.81 bits per heavy atom. The Bertz CT molecular complexity index is 374. The Hall–Kier alpha value is -1.16. The number of anilines is 1. The van der Waals surface area contributed by atoms with Gasteiger partial charge in [0, 0.05) is 12.7 Å². The van der Waals surface area contributed by atoms with E-state index in [9.17, 15) is 0 Å². The first-order valence-corrected chi connectivity index (χ1v) is 5.86. The molecule has 0 aliphatic carbocycles. The molecule has 0 bridgehead atoms. The van der Waals surface area contributed by atoms with Gasteiger partial charge in [0.05, 0.1) is 5.56 Å². The van der Waals surface area contributed by atoms with Crippen LogP contribution in [0.15, 0.2) is 18.3 Å². The van der Waals surface area contributed by atoms with Crippen molar-refractivity contribution in [3.63, 3.8) is 0 Å². The zero-order chi connectivity index (χ0) is 12.2. The fraction of sp³-hybridized carbons (Fsp3) is 0.500. The van der Waals surface area contributed by atoms with E-state index in [1.54, 1.807) is 6.20 Å². The Balaban J connectivity index is 2.78. The molecule has 0 aromatic carbocycles. The second kappa shape index (κ2) is 5.25. The lowest BCUT2D eigenvalue weighted by Gasteiger charge is -2.23. The molecule has 0 amide bonds. The molecule has 0 unspecified atom stereocenters. The van der Waals surface area contributed by atoms with Crippen LogP contribution in [-0.4, -0.2) is 16.5 Å². The van der Waals surface area contributed by atoms with Crippen molar-refractivity contribution in [2.45, 2.75) is 27.2 Å². The molecule has 0 fully saturated rings. The molecule has 1 heterocycles. The number of thiocarbonyl (C=S) groups is 1. The molecule has 0 saturated heterocycles. The molecule has 1 aromatic rings. The lowest BCUT2D eigenvalue weighted by atomic mass is 9.90. The second-order valence-corrected chi connectivity index (χ2v) is 5.07. The minimum Gasteiger partial charge on any atom is -0.389 e. The van der Waals surface area contributed by atoms with Crippen LogP contribution < -0.4 is 11.1 Å². The number of rotatable bonds is 5. The summed E-state index contributed by atoms with van der Waals surface area (Å²) in [5.41, 5.74) is 6.69. The van der Waals surface area contributed by atoms with Crippen LogP contribution in [0.4, 0.5) is 5.82 Å². The number of nitrogens with two attached hydrogens (primary N) is 1. The van der Waals surface area contributed by atoms with E-state index in [1.165, 1.54) is 0 Å². The number of hydrogen-bond donors (Lipinski definition) is 2. The minimum absolute atomic E-state index is 0.241. The second-order valence-electron chi connectivity index (χ2n) is 4.64. The molecular formula is C12H19N3S. The van der Waals surface area contributed by atoms with Gasteiger partial charge >= 0.3 is 0 Å². The highest BCUT2D eigenvalue weighted by atomic mass is 32.1. The van der Waals surface area contributed by atoms with Gasteiger partial charge in [0.25, 0.3) is 0 Å². The number of nitrogens with zero attached hydrogens (tertiary/aromatic N) is 1. The summed E-state index contributed by atoms with van der Waals surface area (Å²) in [5.74, 6) is 0.775. The van der Waals surface area contributed by atoms with Gasteiger partial charge in [-0.05, 0) is 24.0 Å². The third kappa shape index (κ3) is 3.45. The quantitative estimate of drug-likeness (QED) is 0.773. The lowest BCUT2D eigenvalue weighted by Crippen LogP contribution is -2.24. The Morgan fingerprint density at radius 2 is 2.25 bits per heavy atom. The van der Waals surface area contributed by atoms with Gasteiger partial charge in [-0.2, -0.15) is 0 Å². The minimum atomic E-state index is 0.241. The summed E-state index contributed by atoms with van der Waals surface area (Å²) < 4.78 is 0. The van der Waals surface area contributed by atoms with Gasteiger partial charge < -0.3 is 11.1 Å². The summed E-state index contributed by atoms with van der Waals surface area (Å²) in [6.07, 6.45) is 2.85. The van der Waals surface area contributed by atoms with Gasteiger partial charge in [-0.25, -0.2) is 4.98 Å². The molecular weight excluding hydrogens is 218 g/mol. The topological polar surface area (TPSA) is 50.9 Å². The van der Waals surface area contributed by atoms with Gasteiger partial charge in [-0.1, -0.05) is 33.0 Å². The van der Waals surface area contributed by atoms with Crippen LogP contribution in [0.25, 0.3) is 0 Å². The summed E-state index contributed by atoms with van der Waals surface area (Å²) in [6.45, 7) is 7.46.